The molecule has 178 valence electrons. The number of hydrogen-bond acceptors (Lipinski definition) is 6. The average Bonchev–Trinajstić information content (AvgIpc) is 2.86. The number of carbonyl (C=O) groups is 2. The van der Waals surface area contributed by atoms with Crippen LogP contribution in [0.4, 0.5) is 5.69 Å². The number of amides is 2. The van der Waals surface area contributed by atoms with Crippen molar-refractivity contribution in [2.75, 3.05) is 18.4 Å². The van der Waals surface area contributed by atoms with Gasteiger partial charge in [0.1, 0.15) is 11.5 Å². The lowest BCUT2D eigenvalue weighted by molar-refractivity contribution is -0.123. The third kappa shape index (κ3) is 6.48. The van der Waals surface area contributed by atoms with E-state index in [1.165, 1.54) is 31.4 Å². The van der Waals surface area contributed by atoms with E-state index >= 15 is 0 Å². The van der Waals surface area contributed by atoms with Crippen molar-refractivity contribution in [3.63, 3.8) is 0 Å². The van der Waals surface area contributed by atoms with Crippen molar-refractivity contribution in [1.29, 1.82) is 0 Å². The van der Waals surface area contributed by atoms with Crippen molar-refractivity contribution >= 4 is 27.5 Å². The van der Waals surface area contributed by atoms with Crippen LogP contribution < -0.4 is 25.0 Å². The third-order valence-corrected chi connectivity index (χ3v) is 6.14. The number of aryl methyl sites for hydroxylation is 1. The summed E-state index contributed by atoms with van der Waals surface area (Å²) in [5.41, 5.74) is 5.93. The third-order valence-electron chi connectivity index (χ3n) is 4.77. The lowest BCUT2D eigenvalue weighted by atomic mass is 10.2. The number of anilines is 1. The van der Waals surface area contributed by atoms with E-state index < -0.39 is 21.8 Å². The van der Waals surface area contributed by atoms with Gasteiger partial charge in [0, 0.05) is 5.56 Å². The molecule has 3 N–H and O–H groups in total. The van der Waals surface area contributed by atoms with Crippen LogP contribution in [0.25, 0.3) is 0 Å². The van der Waals surface area contributed by atoms with Gasteiger partial charge in [-0.05, 0) is 54.4 Å². The molecule has 0 aliphatic carbocycles. The van der Waals surface area contributed by atoms with Crippen LogP contribution in [-0.2, 0) is 21.2 Å². The first-order valence-corrected chi connectivity index (χ1v) is 11.9. The number of ether oxygens (including phenoxy) is 2. The molecule has 0 saturated heterocycles. The minimum absolute atomic E-state index is 0.0410. The van der Waals surface area contributed by atoms with Gasteiger partial charge in [-0.25, -0.2) is 8.42 Å². The highest BCUT2D eigenvalue weighted by molar-refractivity contribution is 7.92. The van der Waals surface area contributed by atoms with Crippen LogP contribution >= 0.6 is 0 Å². The quantitative estimate of drug-likeness (QED) is 0.402. The Balaban J connectivity index is 1.58. The summed E-state index contributed by atoms with van der Waals surface area (Å²) in [6, 6.07) is 19.3. The number of hydrogen-bond donors (Lipinski definition) is 3. The Hall–Kier alpha value is -4.05. The molecule has 0 aliphatic heterocycles. The Morgan fingerprint density at radius 1 is 0.912 bits per heavy atom. The maximum absolute atomic E-state index is 12.8. The second-order valence-electron chi connectivity index (χ2n) is 7.12. The maximum Gasteiger partial charge on any atom is 0.276 e. The first kappa shape index (κ1) is 24.6. The highest BCUT2D eigenvalue weighted by atomic mass is 32.2. The van der Waals surface area contributed by atoms with E-state index in [4.69, 9.17) is 9.47 Å². The SMILES string of the molecule is CCc1ccc(OCC(=O)NNC(=O)c2cccc(S(=O)(=O)Nc3ccccc3OC)c2)cc1. The fraction of sp³-hybridized carbons (Fsp3) is 0.167. The van der Waals surface area contributed by atoms with Gasteiger partial charge in [0.25, 0.3) is 21.8 Å². The highest BCUT2D eigenvalue weighted by Gasteiger charge is 2.18. The second-order valence-corrected chi connectivity index (χ2v) is 8.80. The summed E-state index contributed by atoms with van der Waals surface area (Å²) in [4.78, 5) is 24.3. The Morgan fingerprint density at radius 3 is 2.35 bits per heavy atom. The zero-order valence-electron chi connectivity index (χ0n) is 18.7. The zero-order valence-corrected chi connectivity index (χ0v) is 19.5. The molecule has 0 aliphatic rings. The molecule has 0 spiro atoms. The fourth-order valence-electron chi connectivity index (χ4n) is 2.94. The average molecular weight is 484 g/mol. The van der Waals surface area contributed by atoms with E-state index in [9.17, 15) is 18.0 Å². The van der Waals surface area contributed by atoms with Crippen molar-refractivity contribution < 1.29 is 27.5 Å². The molecular weight excluding hydrogens is 458 g/mol. The fourth-order valence-corrected chi connectivity index (χ4v) is 4.06. The van der Waals surface area contributed by atoms with Crippen molar-refractivity contribution in [3.8, 4) is 11.5 Å². The Bertz CT molecular complexity index is 1260. The van der Waals surface area contributed by atoms with Crippen LogP contribution in [0.5, 0.6) is 11.5 Å². The van der Waals surface area contributed by atoms with Crippen molar-refractivity contribution in [3.05, 3.63) is 83.9 Å². The molecule has 0 heterocycles. The molecule has 10 heteroatoms. The van der Waals surface area contributed by atoms with Crippen LogP contribution in [0, 0.1) is 0 Å². The van der Waals surface area contributed by atoms with Crippen molar-refractivity contribution in [2.24, 2.45) is 0 Å². The van der Waals surface area contributed by atoms with Gasteiger partial charge in [-0.2, -0.15) is 0 Å². The zero-order chi connectivity index (χ0) is 24.6. The molecule has 3 aromatic rings. The Morgan fingerprint density at radius 2 is 1.65 bits per heavy atom. The number of nitrogens with one attached hydrogen (secondary N) is 3. The standard InChI is InChI=1S/C24H25N3O6S/c1-3-17-11-13-19(14-12-17)33-16-23(28)25-26-24(29)18-7-6-8-20(15-18)34(30,31)27-21-9-4-5-10-22(21)32-2/h4-15,27H,3,16H2,1-2H3,(H,25,28)(H,26,29). The minimum atomic E-state index is -3.99. The molecular formula is C24H25N3O6S. The van der Waals surface area contributed by atoms with E-state index in [0.717, 1.165) is 12.0 Å². The van der Waals surface area contributed by atoms with Gasteiger partial charge in [-0.15, -0.1) is 0 Å². The predicted octanol–water partition coefficient (Wildman–Crippen LogP) is 2.90. The monoisotopic (exact) mass is 483 g/mol. The van der Waals surface area contributed by atoms with Gasteiger partial charge in [-0.3, -0.25) is 25.2 Å². The van der Waals surface area contributed by atoms with Gasteiger partial charge in [0.2, 0.25) is 0 Å². The van der Waals surface area contributed by atoms with Crippen LogP contribution in [-0.4, -0.2) is 33.9 Å². The number of benzene rings is 3. The van der Waals surface area contributed by atoms with Crippen LogP contribution in [0.15, 0.2) is 77.7 Å². The molecule has 34 heavy (non-hydrogen) atoms. The molecule has 0 fully saturated rings. The number of methoxy groups -OCH3 is 1. The van der Waals surface area contributed by atoms with E-state index in [0.29, 0.717) is 11.5 Å². The predicted molar refractivity (Wildman–Crippen MR) is 127 cm³/mol. The van der Waals surface area contributed by atoms with E-state index in [1.54, 1.807) is 36.4 Å². The largest absolute Gasteiger partial charge is 0.495 e. The first-order valence-electron chi connectivity index (χ1n) is 10.4. The van der Waals surface area contributed by atoms with Gasteiger partial charge >= 0.3 is 0 Å². The Labute approximate surface area is 198 Å². The molecule has 0 bridgehead atoms. The summed E-state index contributed by atoms with van der Waals surface area (Å²) < 4.78 is 38.6. The first-order chi connectivity index (χ1) is 16.3. The van der Waals surface area contributed by atoms with E-state index in [-0.39, 0.29) is 22.8 Å². The smallest absolute Gasteiger partial charge is 0.276 e. The summed E-state index contributed by atoms with van der Waals surface area (Å²) in [5.74, 6) is -0.380. The van der Waals surface area contributed by atoms with Gasteiger partial charge in [0.15, 0.2) is 6.61 Å². The van der Waals surface area contributed by atoms with Gasteiger partial charge in [-0.1, -0.05) is 37.3 Å². The lowest BCUT2D eigenvalue weighted by Gasteiger charge is -2.12. The summed E-state index contributed by atoms with van der Waals surface area (Å²) in [6.45, 7) is 1.73. The normalized spacial score (nSPS) is 10.8. The van der Waals surface area contributed by atoms with E-state index in [2.05, 4.69) is 15.6 Å². The summed E-state index contributed by atoms with van der Waals surface area (Å²) >= 11 is 0. The van der Waals surface area contributed by atoms with Crippen LogP contribution in [0.3, 0.4) is 0 Å². The molecule has 0 aromatic heterocycles. The molecule has 0 unspecified atom stereocenters. The van der Waals surface area contributed by atoms with Gasteiger partial charge < -0.3 is 9.47 Å². The number of para-hydroxylation sites is 2. The molecule has 0 saturated carbocycles. The number of hydrazine groups is 1. The lowest BCUT2D eigenvalue weighted by Crippen LogP contribution is -2.43. The highest BCUT2D eigenvalue weighted by Crippen LogP contribution is 2.26. The van der Waals surface area contributed by atoms with Crippen LogP contribution in [0.1, 0.15) is 22.8 Å². The summed E-state index contributed by atoms with van der Waals surface area (Å²) in [7, 11) is -2.56. The number of rotatable bonds is 9. The molecule has 3 rings (SSSR count). The topological polar surface area (TPSA) is 123 Å². The van der Waals surface area contributed by atoms with Crippen LogP contribution in [0.2, 0.25) is 0 Å². The van der Waals surface area contributed by atoms with Crippen molar-refractivity contribution in [1.82, 2.24) is 10.9 Å². The minimum Gasteiger partial charge on any atom is -0.495 e. The van der Waals surface area contributed by atoms with E-state index in [1.807, 2.05) is 19.1 Å². The molecule has 0 atom stereocenters. The Kier molecular flexibility index (Phi) is 8.10. The number of carbonyl (C=O) groups excluding carboxylic acids is 2. The molecule has 0 radical (unpaired) electrons. The second kappa shape index (κ2) is 11.2. The summed E-state index contributed by atoms with van der Waals surface area (Å²) in [5, 5.41) is 0. The summed E-state index contributed by atoms with van der Waals surface area (Å²) in [6.07, 6.45) is 0.895. The van der Waals surface area contributed by atoms with Crippen molar-refractivity contribution in [2.45, 2.75) is 18.2 Å². The molecule has 2 amide bonds. The van der Waals surface area contributed by atoms with Gasteiger partial charge in [0.05, 0.1) is 17.7 Å². The maximum atomic E-state index is 12.8. The molecule has 3 aromatic carbocycles. The number of sulfonamides is 1. The molecule has 9 nitrogen and oxygen atoms in total.